The van der Waals surface area contributed by atoms with Crippen molar-refractivity contribution in [1.29, 1.82) is 5.26 Å². The smallest absolute Gasteiger partial charge is 0.226 e. The molecule has 0 bridgehead atoms. The van der Waals surface area contributed by atoms with Gasteiger partial charge in [-0.3, -0.25) is 0 Å². The summed E-state index contributed by atoms with van der Waals surface area (Å²) < 4.78 is 5.76. The van der Waals surface area contributed by atoms with E-state index in [2.05, 4.69) is 16.0 Å². The molecule has 0 spiro atoms. The molecule has 96 valence electrons. The Labute approximate surface area is 116 Å². The zero-order valence-electron chi connectivity index (χ0n) is 10.9. The van der Waals surface area contributed by atoms with Gasteiger partial charge in [-0.1, -0.05) is 17.7 Å². The fourth-order valence-corrected chi connectivity index (χ4v) is 1.76. The molecule has 19 heavy (non-hydrogen) atoms. The van der Waals surface area contributed by atoms with Gasteiger partial charge < -0.3 is 4.74 Å². The van der Waals surface area contributed by atoms with E-state index in [9.17, 15) is 0 Å². The maximum absolute atomic E-state index is 8.91. The van der Waals surface area contributed by atoms with Crippen LogP contribution in [0.3, 0.4) is 0 Å². The molecule has 2 aromatic rings. The standard InChI is InChI=1S/C14H12ClN3O/c1-8-4-5-11(7-16)6-12(8)19-14-9(2)13(15)17-10(3)18-14/h4-6H,1-3H3. The summed E-state index contributed by atoms with van der Waals surface area (Å²) in [5.74, 6) is 1.55. The van der Waals surface area contributed by atoms with Gasteiger partial charge in [0, 0.05) is 5.56 Å². The van der Waals surface area contributed by atoms with E-state index < -0.39 is 0 Å². The van der Waals surface area contributed by atoms with E-state index >= 15 is 0 Å². The van der Waals surface area contributed by atoms with Crippen molar-refractivity contribution < 1.29 is 4.74 Å². The molecule has 1 heterocycles. The van der Waals surface area contributed by atoms with E-state index in [1.165, 1.54) is 0 Å². The lowest BCUT2D eigenvalue weighted by molar-refractivity contribution is 0.452. The highest BCUT2D eigenvalue weighted by molar-refractivity contribution is 6.30. The number of nitriles is 1. The van der Waals surface area contributed by atoms with Gasteiger partial charge in [0.2, 0.25) is 5.88 Å². The van der Waals surface area contributed by atoms with Crippen LogP contribution in [0, 0.1) is 32.1 Å². The zero-order valence-corrected chi connectivity index (χ0v) is 11.6. The van der Waals surface area contributed by atoms with E-state index in [1.54, 1.807) is 26.0 Å². The van der Waals surface area contributed by atoms with Crippen molar-refractivity contribution in [3.8, 4) is 17.7 Å². The van der Waals surface area contributed by atoms with Gasteiger partial charge in [0.05, 0.1) is 11.6 Å². The Kier molecular flexibility index (Phi) is 3.68. The predicted molar refractivity (Wildman–Crippen MR) is 72.5 cm³/mol. The SMILES string of the molecule is Cc1nc(Cl)c(C)c(Oc2cc(C#N)ccc2C)n1. The monoisotopic (exact) mass is 273 g/mol. The van der Waals surface area contributed by atoms with E-state index in [1.807, 2.05) is 13.0 Å². The molecule has 0 saturated heterocycles. The maximum Gasteiger partial charge on any atom is 0.226 e. The summed E-state index contributed by atoms with van der Waals surface area (Å²) in [5, 5.41) is 9.28. The lowest BCUT2D eigenvalue weighted by Gasteiger charge is -2.11. The first-order valence-corrected chi connectivity index (χ1v) is 6.08. The van der Waals surface area contributed by atoms with Crippen LogP contribution >= 0.6 is 11.6 Å². The Morgan fingerprint density at radius 2 is 1.95 bits per heavy atom. The number of aromatic nitrogens is 2. The number of ether oxygens (including phenoxy) is 1. The zero-order chi connectivity index (χ0) is 14.0. The second-order valence-corrected chi connectivity index (χ2v) is 4.54. The molecular formula is C14H12ClN3O. The first-order valence-electron chi connectivity index (χ1n) is 5.70. The van der Waals surface area contributed by atoms with Crippen molar-refractivity contribution in [2.24, 2.45) is 0 Å². The van der Waals surface area contributed by atoms with Gasteiger partial charge >= 0.3 is 0 Å². The minimum atomic E-state index is 0.372. The molecule has 0 unspecified atom stereocenters. The largest absolute Gasteiger partial charge is 0.438 e. The molecule has 1 aromatic carbocycles. The second kappa shape index (κ2) is 5.25. The van der Waals surface area contributed by atoms with E-state index in [4.69, 9.17) is 21.6 Å². The van der Waals surface area contributed by atoms with Gasteiger partial charge in [-0.15, -0.1) is 0 Å². The Balaban J connectivity index is 2.44. The summed E-state index contributed by atoms with van der Waals surface area (Å²) >= 11 is 6.00. The van der Waals surface area contributed by atoms with Crippen LogP contribution in [0.4, 0.5) is 0 Å². The number of hydrogen-bond acceptors (Lipinski definition) is 4. The minimum absolute atomic E-state index is 0.372. The molecule has 0 fully saturated rings. The first kappa shape index (κ1) is 13.3. The molecule has 0 aliphatic rings. The van der Waals surface area contributed by atoms with Crippen LogP contribution in [0.1, 0.15) is 22.5 Å². The van der Waals surface area contributed by atoms with Crippen LogP contribution in [0.2, 0.25) is 5.15 Å². The summed E-state index contributed by atoms with van der Waals surface area (Å²) in [6, 6.07) is 7.34. The number of hydrogen-bond donors (Lipinski definition) is 0. The number of rotatable bonds is 2. The lowest BCUT2D eigenvalue weighted by Crippen LogP contribution is -1.98. The lowest BCUT2D eigenvalue weighted by atomic mass is 10.1. The van der Waals surface area contributed by atoms with Crippen molar-refractivity contribution in [3.63, 3.8) is 0 Å². The highest BCUT2D eigenvalue weighted by Crippen LogP contribution is 2.29. The molecule has 4 nitrogen and oxygen atoms in total. The molecule has 0 atom stereocenters. The number of benzene rings is 1. The number of aryl methyl sites for hydroxylation is 2. The molecule has 5 heteroatoms. The van der Waals surface area contributed by atoms with Crippen LogP contribution in [0.25, 0.3) is 0 Å². The molecule has 0 N–H and O–H groups in total. The van der Waals surface area contributed by atoms with Crippen LogP contribution in [0.5, 0.6) is 11.6 Å². The van der Waals surface area contributed by atoms with Crippen molar-refractivity contribution in [2.45, 2.75) is 20.8 Å². The second-order valence-electron chi connectivity index (χ2n) is 4.19. The first-order chi connectivity index (χ1) is 9.01. The summed E-state index contributed by atoms with van der Waals surface area (Å²) in [6.07, 6.45) is 0. The topological polar surface area (TPSA) is 58.8 Å². The molecule has 0 amide bonds. The molecule has 0 aliphatic heterocycles. The molecule has 1 aromatic heterocycles. The third kappa shape index (κ3) is 2.83. The molecule has 0 saturated carbocycles. The van der Waals surface area contributed by atoms with Crippen LogP contribution in [-0.4, -0.2) is 9.97 Å². The third-order valence-electron chi connectivity index (χ3n) is 2.68. The Bertz CT molecular complexity index is 677. The van der Waals surface area contributed by atoms with Crippen LogP contribution < -0.4 is 4.74 Å². The minimum Gasteiger partial charge on any atom is -0.438 e. The number of nitrogens with zero attached hydrogens (tertiary/aromatic N) is 3. The fourth-order valence-electron chi connectivity index (χ4n) is 1.55. The maximum atomic E-state index is 8.91. The van der Waals surface area contributed by atoms with Crippen LogP contribution in [-0.2, 0) is 0 Å². The molecule has 0 radical (unpaired) electrons. The Morgan fingerprint density at radius 1 is 1.21 bits per heavy atom. The Morgan fingerprint density at radius 3 is 2.63 bits per heavy atom. The van der Waals surface area contributed by atoms with Gasteiger partial charge in [0.15, 0.2) is 0 Å². The average Bonchev–Trinajstić information content (AvgIpc) is 2.38. The predicted octanol–water partition coefficient (Wildman–Crippen LogP) is 3.72. The van der Waals surface area contributed by atoms with Crippen molar-refractivity contribution in [3.05, 3.63) is 45.9 Å². The average molecular weight is 274 g/mol. The summed E-state index contributed by atoms with van der Waals surface area (Å²) in [7, 11) is 0. The van der Waals surface area contributed by atoms with E-state index in [-0.39, 0.29) is 0 Å². The molecule has 2 rings (SSSR count). The molecular weight excluding hydrogens is 262 g/mol. The van der Waals surface area contributed by atoms with Crippen molar-refractivity contribution in [2.75, 3.05) is 0 Å². The van der Waals surface area contributed by atoms with Gasteiger partial charge in [0.25, 0.3) is 0 Å². The summed E-state index contributed by atoms with van der Waals surface area (Å²) in [6.45, 7) is 5.44. The summed E-state index contributed by atoms with van der Waals surface area (Å²) in [4.78, 5) is 8.28. The molecule has 0 aliphatic carbocycles. The highest BCUT2D eigenvalue weighted by Gasteiger charge is 2.11. The number of halogens is 1. The normalized spacial score (nSPS) is 10.1. The van der Waals surface area contributed by atoms with Gasteiger partial charge in [-0.25, -0.2) is 4.98 Å². The van der Waals surface area contributed by atoms with Crippen molar-refractivity contribution >= 4 is 11.6 Å². The van der Waals surface area contributed by atoms with Gasteiger partial charge in [-0.2, -0.15) is 10.2 Å². The van der Waals surface area contributed by atoms with E-state index in [0.717, 1.165) is 5.56 Å². The van der Waals surface area contributed by atoms with Crippen molar-refractivity contribution in [1.82, 2.24) is 9.97 Å². The quantitative estimate of drug-likeness (QED) is 0.783. The third-order valence-corrected chi connectivity index (χ3v) is 3.05. The van der Waals surface area contributed by atoms with Gasteiger partial charge in [0.1, 0.15) is 16.7 Å². The van der Waals surface area contributed by atoms with Gasteiger partial charge in [-0.05, 0) is 38.5 Å². The van der Waals surface area contributed by atoms with E-state index in [0.29, 0.717) is 33.7 Å². The highest BCUT2D eigenvalue weighted by atomic mass is 35.5. The summed E-state index contributed by atoms with van der Waals surface area (Å²) in [5.41, 5.74) is 2.13. The fraction of sp³-hybridized carbons (Fsp3) is 0.214. The Hall–Kier alpha value is -2.12. The van der Waals surface area contributed by atoms with Crippen LogP contribution in [0.15, 0.2) is 18.2 Å².